The second-order valence-corrected chi connectivity index (χ2v) is 3.57. The highest BCUT2D eigenvalue weighted by molar-refractivity contribution is 5.92. The number of hydrogen-bond donors (Lipinski definition) is 2. The summed E-state index contributed by atoms with van der Waals surface area (Å²) in [5, 5.41) is 4.47. The Balaban J connectivity index is 2.81. The molecular weight excluding hydrogens is 252 g/mol. The molecule has 0 radical (unpaired) electrons. The van der Waals surface area contributed by atoms with Crippen molar-refractivity contribution in [2.24, 2.45) is 0 Å². The molecule has 1 aromatic rings. The van der Waals surface area contributed by atoms with Crippen LogP contribution in [0, 0.1) is 23.3 Å². The van der Waals surface area contributed by atoms with Crippen molar-refractivity contribution in [2.45, 2.75) is 13.3 Å². The Labute approximate surface area is 101 Å². The summed E-state index contributed by atoms with van der Waals surface area (Å²) >= 11 is 0. The molecule has 18 heavy (non-hydrogen) atoms. The molecule has 0 saturated heterocycles. The number of nitrogens with one attached hydrogen (secondary N) is 2. The van der Waals surface area contributed by atoms with E-state index in [0.29, 0.717) is 6.54 Å². The van der Waals surface area contributed by atoms with Crippen molar-refractivity contribution in [3.63, 3.8) is 0 Å². The lowest BCUT2D eigenvalue weighted by Gasteiger charge is -2.09. The lowest BCUT2D eigenvalue weighted by molar-refractivity contribution is -0.115. The van der Waals surface area contributed by atoms with E-state index in [9.17, 15) is 22.4 Å². The van der Waals surface area contributed by atoms with E-state index in [1.807, 2.05) is 6.92 Å². The summed E-state index contributed by atoms with van der Waals surface area (Å²) in [7, 11) is 0. The van der Waals surface area contributed by atoms with Gasteiger partial charge in [-0.2, -0.15) is 0 Å². The van der Waals surface area contributed by atoms with Gasteiger partial charge in [-0.3, -0.25) is 4.79 Å². The molecule has 0 aliphatic rings. The van der Waals surface area contributed by atoms with Crippen LogP contribution in [0.4, 0.5) is 23.2 Å². The maximum absolute atomic E-state index is 13.2. The molecule has 2 N–H and O–H groups in total. The van der Waals surface area contributed by atoms with Crippen LogP contribution in [-0.4, -0.2) is 19.0 Å². The van der Waals surface area contributed by atoms with Crippen molar-refractivity contribution in [3.05, 3.63) is 29.3 Å². The van der Waals surface area contributed by atoms with Crippen LogP contribution < -0.4 is 10.6 Å². The molecule has 0 unspecified atom stereocenters. The number of carbonyl (C=O) groups excluding carboxylic acids is 1. The van der Waals surface area contributed by atoms with Gasteiger partial charge in [-0.25, -0.2) is 17.6 Å². The minimum absolute atomic E-state index is 0.0790. The van der Waals surface area contributed by atoms with Gasteiger partial charge in [0.05, 0.1) is 6.54 Å². The van der Waals surface area contributed by atoms with E-state index in [-0.39, 0.29) is 12.6 Å². The van der Waals surface area contributed by atoms with Crippen LogP contribution in [-0.2, 0) is 4.79 Å². The van der Waals surface area contributed by atoms with E-state index in [0.717, 1.165) is 6.42 Å². The number of amides is 1. The van der Waals surface area contributed by atoms with Gasteiger partial charge in [-0.1, -0.05) is 6.92 Å². The van der Waals surface area contributed by atoms with Crippen LogP contribution in [0.1, 0.15) is 13.3 Å². The Hall–Kier alpha value is -1.63. The first-order valence-corrected chi connectivity index (χ1v) is 5.31. The quantitative estimate of drug-likeness (QED) is 0.486. The first-order valence-electron chi connectivity index (χ1n) is 5.31. The molecule has 0 aliphatic heterocycles. The fourth-order valence-corrected chi connectivity index (χ4v) is 1.25. The van der Waals surface area contributed by atoms with Gasteiger partial charge in [0, 0.05) is 6.07 Å². The lowest BCUT2D eigenvalue weighted by atomic mass is 10.2. The Kier molecular flexibility index (Phi) is 5.08. The summed E-state index contributed by atoms with van der Waals surface area (Å²) in [5.74, 6) is -7.17. The maximum Gasteiger partial charge on any atom is 0.238 e. The monoisotopic (exact) mass is 264 g/mol. The molecule has 0 aliphatic carbocycles. The zero-order valence-corrected chi connectivity index (χ0v) is 9.62. The molecule has 3 nitrogen and oxygen atoms in total. The minimum atomic E-state index is -1.63. The predicted octanol–water partition coefficient (Wildman–Crippen LogP) is 2.18. The third-order valence-corrected chi connectivity index (χ3v) is 2.09. The molecule has 1 amide bonds. The Bertz CT molecular complexity index is 425. The van der Waals surface area contributed by atoms with E-state index in [1.54, 1.807) is 5.32 Å². The Morgan fingerprint density at radius 1 is 1.17 bits per heavy atom. The number of rotatable bonds is 5. The summed E-state index contributed by atoms with van der Waals surface area (Å²) in [6.07, 6.45) is 0.768. The number of anilines is 1. The maximum atomic E-state index is 13.2. The topological polar surface area (TPSA) is 41.1 Å². The van der Waals surface area contributed by atoms with Crippen LogP contribution in [0.15, 0.2) is 6.07 Å². The highest BCUT2D eigenvalue weighted by Gasteiger charge is 2.20. The highest BCUT2D eigenvalue weighted by atomic mass is 19.2. The van der Waals surface area contributed by atoms with Crippen molar-refractivity contribution < 1.29 is 22.4 Å². The van der Waals surface area contributed by atoms with Crippen molar-refractivity contribution in [1.82, 2.24) is 5.32 Å². The lowest BCUT2D eigenvalue weighted by Crippen LogP contribution is -2.29. The van der Waals surface area contributed by atoms with Gasteiger partial charge in [0.2, 0.25) is 5.91 Å². The van der Waals surface area contributed by atoms with Gasteiger partial charge in [-0.15, -0.1) is 0 Å². The third-order valence-electron chi connectivity index (χ3n) is 2.09. The molecule has 1 aromatic carbocycles. The molecule has 0 spiro atoms. The predicted molar refractivity (Wildman–Crippen MR) is 58.1 cm³/mol. The van der Waals surface area contributed by atoms with Crippen molar-refractivity contribution in [2.75, 3.05) is 18.4 Å². The Morgan fingerprint density at radius 2 is 1.72 bits per heavy atom. The largest absolute Gasteiger partial charge is 0.320 e. The van der Waals surface area contributed by atoms with Crippen molar-refractivity contribution in [1.29, 1.82) is 0 Å². The summed E-state index contributed by atoms with van der Waals surface area (Å²) in [6.45, 7) is 2.20. The van der Waals surface area contributed by atoms with E-state index in [2.05, 4.69) is 5.32 Å². The summed E-state index contributed by atoms with van der Waals surface area (Å²) in [5.41, 5.74) is -1.12. The van der Waals surface area contributed by atoms with E-state index >= 15 is 0 Å². The number of halogens is 4. The fourth-order valence-electron chi connectivity index (χ4n) is 1.25. The van der Waals surface area contributed by atoms with Crippen LogP contribution in [0.25, 0.3) is 0 Å². The van der Waals surface area contributed by atoms with Gasteiger partial charge in [0.15, 0.2) is 23.3 Å². The molecule has 1 rings (SSSR count). The van der Waals surface area contributed by atoms with Gasteiger partial charge < -0.3 is 10.6 Å². The second kappa shape index (κ2) is 6.34. The fraction of sp³-hybridized carbons (Fsp3) is 0.364. The molecule has 0 heterocycles. The summed E-state index contributed by atoms with van der Waals surface area (Å²) < 4.78 is 52.0. The molecule has 7 heteroatoms. The van der Waals surface area contributed by atoms with Crippen LogP contribution in [0.2, 0.25) is 0 Å². The second-order valence-electron chi connectivity index (χ2n) is 3.57. The molecule has 100 valence electrons. The van der Waals surface area contributed by atoms with Crippen molar-refractivity contribution in [3.8, 4) is 0 Å². The minimum Gasteiger partial charge on any atom is -0.320 e. The van der Waals surface area contributed by atoms with Crippen molar-refractivity contribution >= 4 is 11.6 Å². The summed E-state index contributed by atoms with van der Waals surface area (Å²) in [4.78, 5) is 11.3. The number of carbonyl (C=O) groups is 1. The summed E-state index contributed by atoms with van der Waals surface area (Å²) in [6, 6.07) is 0.0790. The van der Waals surface area contributed by atoms with E-state index < -0.39 is 34.9 Å². The standard InChI is InChI=1S/C11H12F4N2O/c1-2-3-16-5-8(18)17-11-9(14)6(12)4-7(13)10(11)15/h4,16H,2-3,5H2,1H3,(H,17,18). The van der Waals surface area contributed by atoms with Gasteiger partial charge in [0.1, 0.15) is 5.69 Å². The molecule has 0 bridgehead atoms. The van der Waals surface area contributed by atoms with Gasteiger partial charge in [0.25, 0.3) is 0 Å². The van der Waals surface area contributed by atoms with Gasteiger partial charge in [-0.05, 0) is 13.0 Å². The zero-order valence-electron chi connectivity index (χ0n) is 9.62. The average molecular weight is 264 g/mol. The molecular formula is C11H12F4N2O. The van der Waals surface area contributed by atoms with Crippen LogP contribution in [0.3, 0.4) is 0 Å². The smallest absolute Gasteiger partial charge is 0.238 e. The number of benzene rings is 1. The molecule has 0 fully saturated rings. The SMILES string of the molecule is CCCNCC(=O)Nc1c(F)c(F)cc(F)c1F. The van der Waals surface area contributed by atoms with Crippen LogP contribution >= 0.6 is 0 Å². The average Bonchev–Trinajstić information content (AvgIpc) is 2.32. The molecule has 0 saturated carbocycles. The van der Waals surface area contributed by atoms with E-state index in [1.165, 1.54) is 0 Å². The first kappa shape index (κ1) is 14.4. The third kappa shape index (κ3) is 3.43. The normalized spacial score (nSPS) is 10.5. The zero-order chi connectivity index (χ0) is 13.7. The highest BCUT2D eigenvalue weighted by Crippen LogP contribution is 2.23. The number of hydrogen-bond acceptors (Lipinski definition) is 2. The van der Waals surface area contributed by atoms with Gasteiger partial charge >= 0.3 is 0 Å². The van der Waals surface area contributed by atoms with E-state index in [4.69, 9.17) is 0 Å². The van der Waals surface area contributed by atoms with Crippen LogP contribution in [0.5, 0.6) is 0 Å². The molecule has 0 atom stereocenters. The Morgan fingerprint density at radius 3 is 2.22 bits per heavy atom. The molecule has 0 aromatic heterocycles. The first-order chi connectivity index (χ1) is 8.47.